The monoisotopic (exact) mass is 420 g/mol. The van der Waals surface area contributed by atoms with Gasteiger partial charge in [0.25, 0.3) is 5.56 Å². The van der Waals surface area contributed by atoms with Crippen LogP contribution in [-0.4, -0.2) is 24.8 Å². The topological polar surface area (TPSA) is 69.9 Å². The summed E-state index contributed by atoms with van der Waals surface area (Å²) in [7, 11) is 2.93. The molecule has 0 bridgehead atoms. The van der Waals surface area contributed by atoms with Crippen molar-refractivity contribution in [2.24, 2.45) is 4.99 Å². The Morgan fingerprint density at radius 2 is 1.90 bits per heavy atom. The van der Waals surface area contributed by atoms with Gasteiger partial charge in [0.2, 0.25) is 0 Å². The van der Waals surface area contributed by atoms with Gasteiger partial charge in [0.1, 0.15) is 5.75 Å². The first kappa shape index (κ1) is 19.8. The molecule has 1 aliphatic heterocycles. The molecular formula is C23H20N2O4S. The number of aromatic nitrogens is 1. The highest BCUT2D eigenvalue weighted by atomic mass is 32.1. The molecule has 0 spiro atoms. The molecule has 7 heteroatoms. The third-order valence-corrected chi connectivity index (χ3v) is 5.92. The van der Waals surface area contributed by atoms with Gasteiger partial charge in [0.15, 0.2) is 4.80 Å². The van der Waals surface area contributed by atoms with Crippen molar-refractivity contribution in [1.29, 1.82) is 0 Å². The van der Waals surface area contributed by atoms with Gasteiger partial charge in [-0.3, -0.25) is 9.36 Å². The lowest BCUT2D eigenvalue weighted by molar-refractivity contribution is -0.136. The zero-order chi connectivity index (χ0) is 21.3. The lowest BCUT2D eigenvalue weighted by Crippen LogP contribution is -2.39. The second-order valence-corrected chi connectivity index (χ2v) is 7.77. The fourth-order valence-corrected chi connectivity index (χ4v) is 4.57. The van der Waals surface area contributed by atoms with Gasteiger partial charge < -0.3 is 9.47 Å². The van der Waals surface area contributed by atoms with Crippen molar-refractivity contribution < 1.29 is 14.3 Å². The normalized spacial score (nSPS) is 16.1. The first-order chi connectivity index (χ1) is 14.5. The summed E-state index contributed by atoms with van der Waals surface area (Å²) in [6, 6.07) is 16.3. The van der Waals surface area contributed by atoms with Gasteiger partial charge in [0.05, 0.1) is 36.1 Å². The van der Waals surface area contributed by atoms with Gasteiger partial charge >= 0.3 is 5.97 Å². The molecule has 0 unspecified atom stereocenters. The van der Waals surface area contributed by atoms with Crippen LogP contribution in [-0.2, 0) is 9.53 Å². The fraction of sp³-hybridized carbons (Fsp3) is 0.174. The van der Waals surface area contributed by atoms with Gasteiger partial charge in [-0.2, -0.15) is 0 Å². The molecule has 30 heavy (non-hydrogen) atoms. The molecule has 6 nitrogen and oxygen atoms in total. The van der Waals surface area contributed by atoms with Crippen LogP contribution in [0.3, 0.4) is 0 Å². The largest absolute Gasteiger partial charge is 0.497 e. The van der Waals surface area contributed by atoms with Gasteiger partial charge in [-0.05, 0) is 36.3 Å². The number of benzene rings is 2. The zero-order valence-corrected chi connectivity index (χ0v) is 17.6. The average molecular weight is 420 g/mol. The quantitative estimate of drug-likeness (QED) is 0.608. The molecule has 1 aliphatic rings. The summed E-state index contributed by atoms with van der Waals surface area (Å²) in [5, 5.41) is 0. The van der Waals surface area contributed by atoms with Crippen molar-refractivity contribution in [3.8, 4) is 5.75 Å². The number of ether oxygens (including phenoxy) is 2. The number of hydrogen-bond donors (Lipinski definition) is 0. The smallest absolute Gasteiger partial charge is 0.338 e. The first-order valence-corrected chi connectivity index (χ1v) is 10.1. The molecule has 3 aromatic rings. The first-order valence-electron chi connectivity index (χ1n) is 9.33. The molecule has 152 valence electrons. The maximum atomic E-state index is 13.4. The Balaban J connectivity index is 1.96. The van der Waals surface area contributed by atoms with Crippen molar-refractivity contribution in [1.82, 2.24) is 4.57 Å². The molecule has 1 aromatic heterocycles. The number of rotatable bonds is 4. The molecule has 0 radical (unpaired) electrons. The van der Waals surface area contributed by atoms with E-state index < -0.39 is 12.0 Å². The minimum absolute atomic E-state index is 0.204. The Morgan fingerprint density at radius 1 is 1.13 bits per heavy atom. The minimum Gasteiger partial charge on any atom is -0.497 e. The van der Waals surface area contributed by atoms with Crippen LogP contribution in [0.5, 0.6) is 5.75 Å². The van der Waals surface area contributed by atoms with Gasteiger partial charge in [-0.1, -0.05) is 53.8 Å². The lowest BCUT2D eigenvalue weighted by atomic mass is 9.96. The van der Waals surface area contributed by atoms with Crippen molar-refractivity contribution >= 4 is 23.4 Å². The van der Waals surface area contributed by atoms with Gasteiger partial charge in [0, 0.05) is 0 Å². The van der Waals surface area contributed by atoms with E-state index in [1.54, 1.807) is 18.6 Å². The van der Waals surface area contributed by atoms with Crippen molar-refractivity contribution in [3.05, 3.63) is 96.7 Å². The Bertz CT molecular complexity index is 1320. The number of methoxy groups -OCH3 is 2. The molecule has 4 rings (SSSR count). The van der Waals surface area contributed by atoms with Crippen LogP contribution in [0, 0.1) is 0 Å². The van der Waals surface area contributed by atoms with Crippen LogP contribution in [0.2, 0.25) is 0 Å². The fourth-order valence-electron chi connectivity index (χ4n) is 3.53. The van der Waals surface area contributed by atoms with E-state index in [0.717, 1.165) is 11.1 Å². The molecule has 0 N–H and O–H groups in total. The van der Waals surface area contributed by atoms with E-state index in [-0.39, 0.29) is 5.56 Å². The van der Waals surface area contributed by atoms with E-state index in [2.05, 4.69) is 4.99 Å². The number of esters is 1. The SMILES string of the molecule is COC(=O)C1=C(C)N=c2s/c(=C/c3cccc(OC)c3)c(=O)n2[C@H]1c1ccccc1. The van der Waals surface area contributed by atoms with Crippen LogP contribution >= 0.6 is 11.3 Å². The predicted octanol–water partition coefficient (Wildman–Crippen LogP) is 2.42. The molecule has 0 saturated heterocycles. The van der Waals surface area contributed by atoms with E-state index in [1.165, 1.54) is 18.4 Å². The van der Waals surface area contributed by atoms with Crippen LogP contribution < -0.4 is 19.6 Å². The summed E-state index contributed by atoms with van der Waals surface area (Å²) < 4.78 is 12.4. The summed E-state index contributed by atoms with van der Waals surface area (Å²) in [6.07, 6.45) is 1.81. The number of thiazole rings is 1. The average Bonchev–Trinajstić information content (AvgIpc) is 3.07. The number of carbonyl (C=O) groups is 1. The van der Waals surface area contributed by atoms with E-state index >= 15 is 0 Å². The predicted molar refractivity (Wildman–Crippen MR) is 115 cm³/mol. The van der Waals surface area contributed by atoms with Crippen molar-refractivity contribution in [2.75, 3.05) is 14.2 Å². The Labute approximate surface area is 177 Å². The van der Waals surface area contributed by atoms with E-state index in [9.17, 15) is 9.59 Å². The summed E-state index contributed by atoms with van der Waals surface area (Å²) in [5.41, 5.74) is 2.37. The molecule has 2 aromatic carbocycles. The summed E-state index contributed by atoms with van der Waals surface area (Å²) in [5.74, 6) is 0.217. The number of hydrogen-bond acceptors (Lipinski definition) is 6. The Hall–Kier alpha value is -3.45. The lowest BCUT2D eigenvalue weighted by Gasteiger charge is -2.24. The third-order valence-electron chi connectivity index (χ3n) is 4.93. The van der Waals surface area contributed by atoms with Gasteiger partial charge in [-0.15, -0.1) is 0 Å². The Kier molecular flexibility index (Phi) is 5.37. The minimum atomic E-state index is -0.595. The number of carbonyl (C=O) groups excluding carboxylic acids is 1. The van der Waals surface area contributed by atoms with Crippen molar-refractivity contribution in [2.45, 2.75) is 13.0 Å². The van der Waals surface area contributed by atoms with Crippen LogP contribution in [0.4, 0.5) is 0 Å². The highest BCUT2D eigenvalue weighted by molar-refractivity contribution is 7.07. The zero-order valence-electron chi connectivity index (χ0n) is 16.8. The Morgan fingerprint density at radius 3 is 2.60 bits per heavy atom. The highest BCUT2D eigenvalue weighted by Crippen LogP contribution is 2.30. The standard InChI is InChI=1S/C23H20N2O4S/c1-14-19(22(27)29-3)20(16-9-5-4-6-10-16)25-21(26)18(30-23(25)24-14)13-15-8-7-11-17(12-15)28-2/h4-13,20H,1-3H3/b18-13+/t20-/m0/s1. The van der Waals surface area contributed by atoms with Crippen LogP contribution in [0.25, 0.3) is 6.08 Å². The highest BCUT2D eigenvalue weighted by Gasteiger charge is 2.32. The maximum absolute atomic E-state index is 13.4. The summed E-state index contributed by atoms with van der Waals surface area (Å²) >= 11 is 1.29. The molecule has 0 amide bonds. The van der Waals surface area contributed by atoms with E-state index in [4.69, 9.17) is 9.47 Å². The third kappa shape index (κ3) is 3.48. The van der Waals surface area contributed by atoms with E-state index in [1.807, 2.05) is 60.7 Å². The molecule has 1 atom stereocenters. The maximum Gasteiger partial charge on any atom is 0.338 e. The molecule has 0 fully saturated rings. The summed E-state index contributed by atoms with van der Waals surface area (Å²) in [4.78, 5) is 31.1. The second-order valence-electron chi connectivity index (χ2n) is 6.76. The number of nitrogens with zero attached hydrogens (tertiary/aromatic N) is 2. The summed E-state index contributed by atoms with van der Waals surface area (Å²) in [6.45, 7) is 1.77. The molecule has 0 aliphatic carbocycles. The van der Waals surface area contributed by atoms with E-state index in [0.29, 0.717) is 26.4 Å². The van der Waals surface area contributed by atoms with Crippen LogP contribution in [0.15, 0.2) is 75.7 Å². The molecule has 0 saturated carbocycles. The molecular weight excluding hydrogens is 400 g/mol. The number of fused-ring (bicyclic) bond motifs is 1. The van der Waals surface area contributed by atoms with Crippen LogP contribution in [0.1, 0.15) is 24.1 Å². The number of allylic oxidation sites excluding steroid dienone is 1. The second kappa shape index (κ2) is 8.12. The van der Waals surface area contributed by atoms with Gasteiger partial charge in [-0.25, -0.2) is 9.79 Å². The molecule has 2 heterocycles. The van der Waals surface area contributed by atoms with Crippen molar-refractivity contribution in [3.63, 3.8) is 0 Å².